The van der Waals surface area contributed by atoms with Crippen molar-refractivity contribution < 1.29 is 4.74 Å². The van der Waals surface area contributed by atoms with Crippen LogP contribution in [-0.4, -0.2) is 42.3 Å². The molecule has 0 saturated carbocycles. The van der Waals surface area contributed by atoms with Crippen LogP contribution in [0.1, 0.15) is 17.7 Å². The van der Waals surface area contributed by atoms with Crippen LogP contribution in [0.4, 0.5) is 11.4 Å². The van der Waals surface area contributed by atoms with Gasteiger partial charge >= 0.3 is 0 Å². The van der Waals surface area contributed by atoms with Gasteiger partial charge in [0, 0.05) is 49.5 Å². The maximum absolute atomic E-state index is 12.6. The smallest absolute Gasteiger partial charge is 0.209 e. The number of nitrogens with one attached hydrogen (secondary N) is 2. The molecular weight excluding hydrogens is 402 g/mol. The van der Waals surface area contributed by atoms with Gasteiger partial charge in [0.05, 0.1) is 18.0 Å². The highest BCUT2D eigenvalue weighted by Crippen LogP contribution is 2.23. The molecule has 0 amide bonds. The lowest BCUT2D eigenvalue weighted by atomic mass is 10.1. The number of rotatable bonds is 6. The fraction of sp³-hybridized carbons (Fsp3) is 0.240. The third kappa shape index (κ3) is 4.95. The van der Waals surface area contributed by atoms with E-state index in [9.17, 15) is 4.79 Å². The molecule has 3 aromatic rings. The molecule has 2 aromatic carbocycles. The minimum absolute atomic E-state index is 0.211. The van der Waals surface area contributed by atoms with Crippen molar-refractivity contribution in [3.8, 4) is 5.69 Å². The van der Waals surface area contributed by atoms with Crippen LogP contribution in [0.5, 0.6) is 0 Å². The van der Waals surface area contributed by atoms with Crippen LogP contribution < -0.4 is 15.6 Å². The Balaban J connectivity index is 1.66. The fourth-order valence-corrected chi connectivity index (χ4v) is 3.77. The van der Waals surface area contributed by atoms with E-state index in [4.69, 9.17) is 10.1 Å². The standard InChI is InChI=1S/C25H27N5O2/c1-19-18-21(29-13-5-16-32-17-15-29)8-9-23(19)30-14-11-24(31)25(28-30)22(10-12-26)27-20-6-3-2-4-7-20/h2-4,6-12,14,18,26-27H,5,13,15-17H2,1H3/b22-10-,26-12?. The van der Waals surface area contributed by atoms with Gasteiger partial charge in [-0.1, -0.05) is 18.2 Å². The third-order valence-electron chi connectivity index (χ3n) is 5.38. The first-order chi connectivity index (χ1) is 15.7. The minimum atomic E-state index is -0.211. The van der Waals surface area contributed by atoms with Gasteiger partial charge in [-0.15, -0.1) is 0 Å². The molecule has 1 saturated heterocycles. The van der Waals surface area contributed by atoms with Gasteiger partial charge in [0.15, 0.2) is 5.69 Å². The largest absolute Gasteiger partial charge is 0.380 e. The molecule has 164 valence electrons. The van der Waals surface area contributed by atoms with E-state index in [1.54, 1.807) is 17.0 Å². The van der Waals surface area contributed by atoms with Crippen LogP contribution in [0.25, 0.3) is 11.4 Å². The predicted molar refractivity (Wildman–Crippen MR) is 129 cm³/mol. The first-order valence-corrected chi connectivity index (χ1v) is 10.7. The van der Waals surface area contributed by atoms with Gasteiger partial charge in [-0.2, -0.15) is 5.10 Å². The topological polar surface area (TPSA) is 83.2 Å². The van der Waals surface area contributed by atoms with E-state index < -0.39 is 0 Å². The molecule has 0 radical (unpaired) electrons. The molecule has 7 heteroatoms. The van der Waals surface area contributed by atoms with Crippen LogP contribution in [0.2, 0.25) is 0 Å². The van der Waals surface area contributed by atoms with Gasteiger partial charge in [0.25, 0.3) is 0 Å². The molecule has 0 atom stereocenters. The first-order valence-electron chi connectivity index (χ1n) is 10.7. The number of para-hydroxylation sites is 1. The van der Waals surface area contributed by atoms with Crippen LogP contribution in [0, 0.1) is 12.3 Å². The van der Waals surface area contributed by atoms with Gasteiger partial charge in [0.2, 0.25) is 5.43 Å². The average molecular weight is 430 g/mol. The summed E-state index contributed by atoms with van der Waals surface area (Å²) in [7, 11) is 0. The van der Waals surface area contributed by atoms with Crippen molar-refractivity contribution in [2.24, 2.45) is 0 Å². The number of hydrogen-bond acceptors (Lipinski definition) is 6. The van der Waals surface area contributed by atoms with Crippen molar-refractivity contribution in [3.63, 3.8) is 0 Å². The van der Waals surface area contributed by atoms with Crippen LogP contribution in [0.3, 0.4) is 0 Å². The lowest BCUT2D eigenvalue weighted by Crippen LogP contribution is -2.26. The number of benzene rings is 2. The van der Waals surface area contributed by atoms with Crippen LogP contribution in [-0.2, 0) is 4.74 Å². The monoisotopic (exact) mass is 429 g/mol. The first kappa shape index (κ1) is 21.5. The second-order valence-corrected chi connectivity index (χ2v) is 7.63. The van der Waals surface area contributed by atoms with E-state index in [0.717, 1.165) is 61.6 Å². The molecular formula is C25H27N5O2. The van der Waals surface area contributed by atoms with Crippen molar-refractivity contribution in [2.75, 3.05) is 36.5 Å². The zero-order valence-corrected chi connectivity index (χ0v) is 18.1. The third-order valence-corrected chi connectivity index (χ3v) is 5.38. The predicted octanol–water partition coefficient (Wildman–Crippen LogP) is 3.87. The number of hydrogen-bond donors (Lipinski definition) is 2. The van der Waals surface area contributed by atoms with E-state index >= 15 is 0 Å². The SMILES string of the molecule is Cc1cc(N2CCCOCC2)ccc1-n1ccc(=O)c(/C(=C/C=N)Nc2ccccc2)n1. The minimum Gasteiger partial charge on any atom is -0.380 e. The zero-order valence-electron chi connectivity index (χ0n) is 18.1. The second kappa shape index (κ2) is 10.1. The van der Waals surface area contributed by atoms with Crippen molar-refractivity contribution >= 4 is 23.3 Å². The molecule has 0 spiro atoms. The summed E-state index contributed by atoms with van der Waals surface area (Å²) in [6.07, 6.45) is 5.38. The number of allylic oxidation sites excluding steroid dienone is 1. The van der Waals surface area contributed by atoms with E-state index in [2.05, 4.69) is 27.4 Å². The summed E-state index contributed by atoms with van der Waals surface area (Å²) in [5, 5.41) is 15.3. The maximum Gasteiger partial charge on any atom is 0.209 e. The number of aromatic nitrogens is 2. The second-order valence-electron chi connectivity index (χ2n) is 7.63. The molecule has 1 aromatic heterocycles. The molecule has 0 unspecified atom stereocenters. The Morgan fingerprint density at radius 2 is 1.97 bits per heavy atom. The van der Waals surface area contributed by atoms with Gasteiger partial charge < -0.3 is 20.4 Å². The Bertz CT molecular complexity index is 1160. The molecule has 32 heavy (non-hydrogen) atoms. The molecule has 0 aliphatic carbocycles. The zero-order chi connectivity index (χ0) is 22.3. The molecule has 2 heterocycles. The highest BCUT2D eigenvalue weighted by Gasteiger charge is 2.14. The van der Waals surface area contributed by atoms with Crippen molar-refractivity contribution in [3.05, 3.63) is 88.4 Å². The fourth-order valence-electron chi connectivity index (χ4n) is 3.77. The number of nitrogens with zero attached hydrogens (tertiary/aromatic N) is 3. The Kier molecular flexibility index (Phi) is 6.77. The normalized spacial score (nSPS) is 14.7. The van der Waals surface area contributed by atoms with E-state index in [1.807, 2.05) is 43.3 Å². The number of anilines is 2. The van der Waals surface area contributed by atoms with Crippen LogP contribution in [0.15, 0.2) is 71.7 Å². The molecule has 7 nitrogen and oxygen atoms in total. The highest BCUT2D eigenvalue weighted by atomic mass is 16.5. The van der Waals surface area contributed by atoms with Gasteiger partial charge in [-0.3, -0.25) is 4.79 Å². The summed E-state index contributed by atoms with van der Waals surface area (Å²) < 4.78 is 7.28. The lowest BCUT2D eigenvalue weighted by molar-refractivity contribution is 0.152. The molecule has 1 fully saturated rings. The molecule has 0 bridgehead atoms. The quantitative estimate of drug-likeness (QED) is 0.581. The summed E-state index contributed by atoms with van der Waals surface area (Å²) in [4.78, 5) is 15.0. The van der Waals surface area contributed by atoms with Gasteiger partial charge in [-0.05, 0) is 55.3 Å². The van der Waals surface area contributed by atoms with Crippen molar-refractivity contribution in [2.45, 2.75) is 13.3 Å². The number of aryl methyl sites for hydroxylation is 1. The van der Waals surface area contributed by atoms with Crippen molar-refractivity contribution in [1.82, 2.24) is 9.78 Å². The Morgan fingerprint density at radius 1 is 1.12 bits per heavy atom. The van der Waals surface area contributed by atoms with Gasteiger partial charge in [-0.25, -0.2) is 4.68 Å². The van der Waals surface area contributed by atoms with E-state index in [-0.39, 0.29) is 11.1 Å². The van der Waals surface area contributed by atoms with Crippen molar-refractivity contribution in [1.29, 1.82) is 5.41 Å². The summed E-state index contributed by atoms with van der Waals surface area (Å²) >= 11 is 0. The summed E-state index contributed by atoms with van der Waals surface area (Å²) in [6, 6.07) is 17.3. The molecule has 1 aliphatic rings. The Labute approximate surface area is 187 Å². The molecule has 2 N–H and O–H groups in total. The summed E-state index contributed by atoms with van der Waals surface area (Å²) in [6.45, 7) is 5.44. The van der Waals surface area contributed by atoms with Gasteiger partial charge in [0.1, 0.15) is 0 Å². The summed E-state index contributed by atoms with van der Waals surface area (Å²) in [5.41, 5.74) is 4.46. The Morgan fingerprint density at radius 3 is 2.75 bits per heavy atom. The maximum atomic E-state index is 12.6. The van der Waals surface area contributed by atoms with Crippen LogP contribution >= 0.6 is 0 Å². The number of ether oxygens (including phenoxy) is 1. The van der Waals surface area contributed by atoms with E-state index in [1.165, 1.54) is 6.07 Å². The molecule has 1 aliphatic heterocycles. The van der Waals surface area contributed by atoms with E-state index in [0.29, 0.717) is 5.70 Å². The summed E-state index contributed by atoms with van der Waals surface area (Å²) in [5.74, 6) is 0. The highest BCUT2D eigenvalue weighted by molar-refractivity contribution is 5.86. The lowest BCUT2D eigenvalue weighted by Gasteiger charge is -2.23. The average Bonchev–Trinajstić information content (AvgIpc) is 3.10. The Hall–Kier alpha value is -3.71. The molecule has 4 rings (SSSR count).